The molecule has 0 aromatic rings. The summed E-state index contributed by atoms with van der Waals surface area (Å²) >= 11 is 0. The van der Waals surface area contributed by atoms with Crippen LogP contribution in [0.1, 0.15) is 48.0 Å². The van der Waals surface area contributed by atoms with Crippen molar-refractivity contribution in [2.75, 3.05) is 0 Å². The molecule has 2 fully saturated rings. The van der Waals surface area contributed by atoms with Crippen LogP contribution in [-0.2, 0) is 37.5 Å². The monoisotopic (exact) mass is 386 g/mol. The van der Waals surface area contributed by atoms with E-state index in [9.17, 15) is 16.8 Å². The van der Waals surface area contributed by atoms with Gasteiger partial charge in [-0.1, -0.05) is 34.6 Å². The third kappa shape index (κ3) is 4.28. The van der Waals surface area contributed by atoms with Crippen LogP contribution in [0.3, 0.4) is 0 Å². The molecular weight excluding hydrogens is 360 g/mol. The fourth-order valence-electron chi connectivity index (χ4n) is 3.52. The lowest BCUT2D eigenvalue weighted by molar-refractivity contribution is -0.00268. The van der Waals surface area contributed by atoms with Crippen molar-refractivity contribution in [3.8, 4) is 0 Å². The van der Waals surface area contributed by atoms with Crippen LogP contribution in [0.2, 0.25) is 0 Å². The molecule has 0 spiro atoms. The molecule has 0 aromatic carbocycles. The van der Waals surface area contributed by atoms with Crippen molar-refractivity contribution in [1.82, 2.24) is 0 Å². The second-order valence-corrected chi connectivity index (χ2v) is 10.1. The summed E-state index contributed by atoms with van der Waals surface area (Å²) in [5, 5.41) is 0. The molecule has 0 aliphatic carbocycles. The first-order chi connectivity index (χ1) is 10.7. The predicted molar refractivity (Wildman–Crippen MR) is 85.4 cm³/mol. The lowest BCUT2D eigenvalue weighted by Gasteiger charge is -2.36. The molecule has 24 heavy (non-hydrogen) atoms. The van der Waals surface area contributed by atoms with Gasteiger partial charge in [-0.15, -0.1) is 0 Å². The van der Waals surface area contributed by atoms with Crippen LogP contribution >= 0.6 is 0 Å². The van der Waals surface area contributed by atoms with Gasteiger partial charge in [0.2, 0.25) is 0 Å². The summed E-state index contributed by atoms with van der Waals surface area (Å²) < 4.78 is 66.4. The predicted octanol–water partition coefficient (Wildman–Crippen LogP) is 1.77. The fraction of sp³-hybridized carbons (Fsp3) is 1.00. The van der Waals surface area contributed by atoms with E-state index in [-0.39, 0.29) is 11.8 Å². The van der Waals surface area contributed by atoms with Crippen LogP contribution in [0.15, 0.2) is 0 Å². The van der Waals surface area contributed by atoms with Gasteiger partial charge in [0.1, 0.15) is 24.4 Å². The Bertz CT molecular complexity index is 667. The van der Waals surface area contributed by atoms with Gasteiger partial charge in [0.15, 0.2) is 0 Å². The number of rotatable bonds is 5. The molecule has 10 heteroatoms. The van der Waals surface area contributed by atoms with Crippen molar-refractivity contribution in [2.24, 2.45) is 17.3 Å². The normalized spacial score (nSPS) is 37.0. The van der Waals surface area contributed by atoms with Crippen molar-refractivity contribution in [3.63, 3.8) is 0 Å². The molecule has 142 valence electrons. The maximum atomic E-state index is 11.7. The molecule has 2 rings (SSSR count). The second-order valence-electron chi connectivity index (χ2n) is 7.67. The summed E-state index contributed by atoms with van der Waals surface area (Å²) in [4.78, 5) is 0. The largest absolute Gasteiger partial charge is 0.400 e. The molecule has 2 aliphatic heterocycles. The summed E-state index contributed by atoms with van der Waals surface area (Å²) in [5.41, 5.74) is -0.576. The van der Waals surface area contributed by atoms with Crippen molar-refractivity contribution < 1.29 is 33.6 Å². The highest BCUT2D eigenvalue weighted by atomic mass is 32.3. The van der Waals surface area contributed by atoms with Gasteiger partial charge in [0, 0.05) is 0 Å². The summed E-state index contributed by atoms with van der Waals surface area (Å²) in [6.07, 6.45) is -1.97. The molecule has 2 heterocycles. The van der Waals surface area contributed by atoms with E-state index >= 15 is 0 Å². The molecule has 2 saturated heterocycles. The van der Waals surface area contributed by atoms with E-state index in [2.05, 4.69) is 0 Å². The smallest absolute Gasteiger partial charge is 0.242 e. The summed E-state index contributed by atoms with van der Waals surface area (Å²) in [6.45, 7) is 11.0. The van der Waals surface area contributed by atoms with Crippen molar-refractivity contribution in [3.05, 3.63) is 0 Å². The molecule has 0 radical (unpaired) electrons. The van der Waals surface area contributed by atoms with Crippen LogP contribution in [0.25, 0.3) is 0 Å². The molecule has 2 aliphatic rings. The van der Waals surface area contributed by atoms with Crippen molar-refractivity contribution >= 4 is 20.8 Å². The molecular formula is C14H26O8S2. The van der Waals surface area contributed by atoms with Gasteiger partial charge in [-0.05, 0) is 30.6 Å². The van der Waals surface area contributed by atoms with E-state index in [4.69, 9.17) is 16.7 Å². The highest BCUT2D eigenvalue weighted by Crippen LogP contribution is 2.43. The molecule has 0 aromatic heterocycles. The van der Waals surface area contributed by atoms with Crippen LogP contribution < -0.4 is 0 Å². The molecule has 8 nitrogen and oxygen atoms in total. The van der Waals surface area contributed by atoms with Gasteiger partial charge >= 0.3 is 20.8 Å². The Morgan fingerprint density at radius 1 is 0.875 bits per heavy atom. The maximum absolute atomic E-state index is 11.7. The Balaban J connectivity index is 2.15. The lowest BCUT2D eigenvalue weighted by atomic mass is 9.73. The third-order valence-electron chi connectivity index (χ3n) is 4.55. The minimum Gasteiger partial charge on any atom is -0.242 e. The fourth-order valence-corrected chi connectivity index (χ4v) is 5.93. The van der Waals surface area contributed by atoms with E-state index in [1.165, 1.54) is 0 Å². The van der Waals surface area contributed by atoms with E-state index < -0.39 is 50.6 Å². The molecule has 0 saturated carbocycles. The SMILES string of the molecule is CC(C)C1OS(=O)(=O)OC1C(C)(C)CC(C)C1OS(=O)(=O)OC1C. The standard InChI is InChI=1S/C14H26O8S2/c1-8(2)11-13(22-24(17,18)20-11)14(5,6)7-9(3)12-10(4)19-23(15,16)21-12/h8-13H,7H2,1-6H3. The highest BCUT2D eigenvalue weighted by molar-refractivity contribution is 7.82. The average molecular weight is 386 g/mol. The lowest BCUT2D eigenvalue weighted by Crippen LogP contribution is -2.43. The minimum absolute atomic E-state index is 0.0489. The van der Waals surface area contributed by atoms with Crippen molar-refractivity contribution in [1.29, 1.82) is 0 Å². The molecule has 5 unspecified atom stereocenters. The summed E-state index contributed by atoms with van der Waals surface area (Å²) in [6, 6.07) is 0. The van der Waals surface area contributed by atoms with Crippen LogP contribution in [0.4, 0.5) is 0 Å². The first-order valence-corrected chi connectivity index (χ1v) is 10.6. The van der Waals surface area contributed by atoms with Crippen LogP contribution in [0.5, 0.6) is 0 Å². The van der Waals surface area contributed by atoms with Gasteiger partial charge in [-0.2, -0.15) is 16.8 Å². The average Bonchev–Trinajstić information content (AvgIpc) is 2.85. The van der Waals surface area contributed by atoms with Gasteiger partial charge in [-0.3, -0.25) is 0 Å². The third-order valence-corrected chi connectivity index (χ3v) is 6.44. The number of hydrogen-bond acceptors (Lipinski definition) is 8. The van der Waals surface area contributed by atoms with Gasteiger partial charge < -0.3 is 0 Å². The van der Waals surface area contributed by atoms with Gasteiger partial charge in [0.05, 0.1) is 0 Å². The second kappa shape index (κ2) is 6.48. The zero-order chi connectivity index (χ0) is 18.5. The molecule has 0 N–H and O–H groups in total. The molecule has 5 atom stereocenters. The Kier molecular flexibility index (Phi) is 5.41. The first-order valence-electron chi connectivity index (χ1n) is 7.97. The summed E-state index contributed by atoms with van der Waals surface area (Å²) in [7, 11) is -7.97. The summed E-state index contributed by atoms with van der Waals surface area (Å²) in [5.74, 6) is -0.237. The maximum Gasteiger partial charge on any atom is 0.400 e. The van der Waals surface area contributed by atoms with E-state index in [0.717, 1.165) is 0 Å². The van der Waals surface area contributed by atoms with E-state index in [0.29, 0.717) is 6.42 Å². The number of hydrogen-bond donors (Lipinski definition) is 0. The molecule has 0 amide bonds. The van der Waals surface area contributed by atoms with Crippen LogP contribution in [0, 0.1) is 17.3 Å². The Hall–Kier alpha value is -0.260. The quantitative estimate of drug-likeness (QED) is 0.704. The van der Waals surface area contributed by atoms with Gasteiger partial charge in [-0.25, -0.2) is 16.7 Å². The first kappa shape index (κ1) is 20.1. The Labute approximate surface area is 144 Å². The zero-order valence-corrected chi connectivity index (χ0v) is 16.4. The topological polar surface area (TPSA) is 105 Å². The van der Waals surface area contributed by atoms with E-state index in [1.54, 1.807) is 6.92 Å². The highest BCUT2D eigenvalue weighted by Gasteiger charge is 2.51. The minimum atomic E-state index is -4.01. The zero-order valence-electron chi connectivity index (χ0n) is 14.8. The van der Waals surface area contributed by atoms with Crippen molar-refractivity contribution in [2.45, 2.75) is 72.4 Å². The van der Waals surface area contributed by atoms with E-state index in [1.807, 2.05) is 34.6 Å². The Morgan fingerprint density at radius 3 is 1.83 bits per heavy atom. The molecule has 0 bridgehead atoms. The van der Waals surface area contributed by atoms with Gasteiger partial charge in [0.25, 0.3) is 0 Å². The van der Waals surface area contributed by atoms with Crippen LogP contribution in [-0.4, -0.2) is 41.3 Å². The Morgan fingerprint density at radius 2 is 1.38 bits per heavy atom.